The Hall–Kier alpha value is -1.35. The molecule has 0 amide bonds. The second kappa shape index (κ2) is 8.75. The van der Waals surface area contributed by atoms with Gasteiger partial charge in [-0.3, -0.25) is 0 Å². The molecule has 3 heteroatoms. The highest BCUT2D eigenvalue weighted by Gasteiger charge is 2.39. The summed E-state index contributed by atoms with van der Waals surface area (Å²) in [5.41, 5.74) is 0. The minimum Gasteiger partial charge on any atom is -0.512 e. The molecule has 0 radical (unpaired) electrons. The number of carbonyl (C=O) groups is 1. The SMILES string of the molecule is C=CC(=O)O[Si](CCCC)(CCCC)c1ccccc1. The second-order valence-electron chi connectivity index (χ2n) is 5.19. The summed E-state index contributed by atoms with van der Waals surface area (Å²) < 4.78 is 5.96. The van der Waals surface area contributed by atoms with E-state index in [4.69, 9.17) is 4.43 Å². The van der Waals surface area contributed by atoms with Crippen molar-refractivity contribution in [3.8, 4) is 0 Å². The van der Waals surface area contributed by atoms with Crippen LogP contribution in [0.25, 0.3) is 0 Å². The predicted octanol–water partition coefficient (Wildman–Crippen LogP) is 4.17. The summed E-state index contributed by atoms with van der Waals surface area (Å²) in [6, 6.07) is 12.3. The van der Waals surface area contributed by atoms with Crippen LogP contribution in [-0.4, -0.2) is 14.3 Å². The van der Waals surface area contributed by atoms with Crippen LogP contribution >= 0.6 is 0 Å². The van der Waals surface area contributed by atoms with E-state index in [1.807, 2.05) is 18.2 Å². The minimum absolute atomic E-state index is 0.271. The van der Waals surface area contributed by atoms with E-state index in [-0.39, 0.29) is 5.97 Å². The molecular formula is C17H26O2Si. The number of carbonyl (C=O) groups excluding carboxylic acids is 1. The zero-order valence-electron chi connectivity index (χ0n) is 12.7. The topological polar surface area (TPSA) is 26.3 Å². The molecule has 0 aliphatic heterocycles. The molecule has 0 heterocycles. The van der Waals surface area contributed by atoms with E-state index in [0.29, 0.717) is 0 Å². The van der Waals surface area contributed by atoms with Gasteiger partial charge in [0.2, 0.25) is 0 Å². The molecular weight excluding hydrogens is 264 g/mol. The van der Waals surface area contributed by atoms with Crippen molar-refractivity contribution in [2.45, 2.75) is 51.6 Å². The molecule has 0 fully saturated rings. The molecule has 0 saturated heterocycles. The third kappa shape index (κ3) is 4.64. The normalized spacial score (nSPS) is 11.1. The molecule has 0 saturated carbocycles. The van der Waals surface area contributed by atoms with Crippen molar-refractivity contribution in [3.63, 3.8) is 0 Å². The Balaban J connectivity index is 3.09. The van der Waals surface area contributed by atoms with Gasteiger partial charge in [0.05, 0.1) is 0 Å². The maximum Gasteiger partial charge on any atom is 0.317 e. The predicted molar refractivity (Wildman–Crippen MR) is 87.5 cm³/mol. The monoisotopic (exact) mass is 290 g/mol. The Bertz CT molecular complexity index is 406. The van der Waals surface area contributed by atoms with Gasteiger partial charge in [0.25, 0.3) is 8.32 Å². The van der Waals surface area contributed by atoms with E-state index in [2.05, 4.69) is 32.6 Å². The summed E-state index contributed by atoms with van der Waals surface area (Å²) in [6.07, 6.45) is 5.76. The van der Waals surface area contributed by atoms with Crippen LogP contribution in [0.15, 0.2) is 43.0 Å². The Morgan fingerprint density at radius 1 is 1.15 bits per heavy atom. The second-order valence-corrected chi connectivity index (χ2v) is 8.96. The number of rotatable bonds is 9. The van der Waals surface area contributed by atoms with Gasteiger partial charge < -0.3 is 4.43 Å². The lowest BCUT2D eigenvalue weighted by Gasteiger charge is -2.31. The highest BCUT2D eigenvalue weighted by molar-refractivity contribution is 6.87. The molecule has 0 atom stereocenters. The largest absolute Gasteiger partial charge is 0.512 e. The van der Waals surface area contributed by atoms with Crippen molar-refractivity contribution in [1.29, 1.82) is 0 Å². The van der Waals surface area contributed by atoms with Crippen LogP contribution in [-0.2, 0) is 9.22 Å². The van der Waals surface area contributed by atoms with E-state index in [9.17, 15) is 4.79 Å². The van der Waals surface area contributed by atoms with Gasteiger partial charge in [0.1, 0.15) is 0 Å². The van der Waals surface area contributed by atoms with Crippen molar-refractivity contribution in [1.82, 2.24) is 0 Å². The molecule has 0 unspecified atom stereocenters. The van der Waals surface area contributed by atoms with E-state index in [1.165, 1.54) is 11.3 Å². The first-order valence-corrected chi connectivity index (χ1v) is 9.91. The molecule has 0 N–H and O–H groups in total. The number of unbranched alkanes of at least 4 members (excludes halogenated alkanes) is 2. The van der Waals surface area contributed by atoms with Crippen LogP contribution in [0.4, 0.5) is 0 Å². The van der Waals surface area contributed by atoms with Crippen LogP contribution in [0.2, 0.25) is 12.1 Å². The lowest BCUT2D eigenvalue weighted by atomic mass is 10.4. The molecule has 0 spiro atoms. The minimum atomic E-state index is -2.22. The number of hydrogen-bond acceptors (Lipinski definition) is 2. The van der Waals surface area contributed by atoms with Crippen molar-refractivity contribution in [3.05, 3.63) is 43.0 Å². The zero-order valence-corrected chi connectivity index (χ0v) is 13.7. The Kier molecular flexibility index (Phi) is 7.30. The Morgan fingerprint density at radius 3 is 2.15 bits per heavy atom. The van der Waals surface area contributed by atoms with Crippen molar-refractivity contribution in [2.24, 2.45) is 0 Å². The third-order valence-electron chi connectivity index (χ3n) is 3.63. The Morgan fingerprint density at radius 2 is 1.70 bits per heavy atom. The molecule has 1 aromatic rings. The molecule has 0 aliphatic rings. The maximum absolute atomic E-state index is 11.8. The molecule has 1 rings (SSSR count). The molecule has 0 aromatic heterocycles. The lowest BCUT2D eigenvalue weighted by Crippen LogP contribution is -2.51. The van der Waals surface area contributed by atoms with Crippen molar-refractivity contribution in [2.75, 3.05) is 0 Å². The van der Waals surface area contributed by atoms with Gasteiger partial charge in [-0.2, -0.15) is 0 Å². The van der Waals surface area contributed by atoms with E-state index in [0.717, 1.165) is 37.8 Å². The van der Waals surface area contributed by atoms with Crippen molar-refractivity contribution < 1.29 is 9.22 Å². The van der Waals surface area contributed by atoms with Gasteiger partial charge in [-0.05, 0) is 17.3 Å². The number of hydrogen-bond donors (Lipinski definition) is 0. The van der Waals surface area contributed by atoms with Crippen LogP contribution in [0.1, 0.15) is 39.5 Å². The highest BCUT2D eigenvalue weighted by Crippen LogP contribution is 2.24. The fourth-order valence-electron chi connectivity index (χ4n) is 2.48. The molecule has 2 nitrogen and oxygen atoms in total. The average molecular weight is 290 g/mol. The van der Waals surface area contributed by atoms with E-state index in [1.54, 1.807) is 0 Å². The lowest BCUT2D eigenvalue weighted by molar-refractivity contribution is -0.129. The summed E-state index contributed by atoms with van der Waals surface area (Å²) in [4.78, 5) is 11.8. The smallest absolute Gasteiger partial charge is 0.317 e. The Labute approximate surface area is 124 Å². The van der Waals surface area contributed by atoms with Gasteiger partial charge in [-0.25, -0.2) is 4.79 Å². The van der Waals surface area contributed by atoms with Gasteiger partial charge in [-0.1, -0.05) is 76.4 Å². The standard InChI is InChI=1S/C17H26O2Si/c1-4-7-14-20(15-8-5-2,19-17(18)6-3)16-12-10-9-11-13-16/h6,9-13H,3-5,7-8,14-15H2,1-2H3. The quantitative estimate of drug-likeness (QED) is 0.504. The van der Waals surface area contributed by atoms with Gasteiger partial charge in [0.15, 0.2) is 0 Å². The van der Waals surface area contributed by atoms with Crippen LogP contribution < -0.4 is 5.19 Å². The summed E-state index contributed by atoms with van der Waals surface area (Å²) in [5.74, 6) is -0.271. The van der Waals surface area contributed by atoms with Crippen molar-refractivity contribution >= 4 is 19.5 Å². The first-order chi connectivity index (χ1) is 9.68. The first kappa shape index (κ1) is 16.7. The summed E-state index contributed by atoms with van der Waals surface area (Å²) in [7, 11) is -2.22. The van der Waals surface area contributed by atoms with Gasteiger partial charge >= 0.3 is 5.97 Å². The van der Waals surface area contributed by atoms with E-state index < -0.39 is 8.32 Å². The first-order valence-electron chi connectivity index (χ1n) is 7.59. The molecule has 20 heavy (non-hydrogen) atoms. The summed E-state index contributed by atoms with van der Waals surface area (Å²) >= 11 is 0. The summed E-state index contributed by atoms with van der Waals surface area (Å²) in [5, 5.41) is 1.23. The number of benzene rings is 1. The zero-order chi connectivity index (χ0) is 14.8. The fourth-order valence-corrected chi connectivity index (χ4v) is 6.74. The average Bonchev–Trinajstić information content (AvgIpc) is 2.50. The molecule has 1 aromatic carbocycles. The molecule has 110 valence electrons. The summed E-state index contributed by atoms with van der Waals surface area (Å²) in [6.45, 7) is 7.91. The van der Waals surface area contributed by atoms with Gasteiger partial charge in [0, 0.05) is 6.08 Å². The van der Waals surface area contributed by atoms with Gasteiger partial charge in [-0.15, -0.1) is 0 Å². The fraction of sp³-hybridized carbons (Fsp3) is 0.471. The third-order valence-corrected chi connectivity index (χ3v) is 7.93. The highest BCUT2D eigenvalue weighted by atomic mass is 28.4. The van der Waals surface area contributed by atoms with E-state index >= 15 is 0 Å². The van der Waals surface area contributed by atoms with Crippen LogP contribution in [0.5, 0.6) is 0 Å². The van der Waals surface area contributed by atoms with Crippen LogP contribution in [0.3, 0.4) is 0 Å². The molecule has 0 bridgehead atoms. The molecule has 0 aliphatic carbocycles. The maximum atomic E-state index is 11.8. The van der Waals surface area contributed by atoms with Crippen LogP contribution in [0, 0.1) is 0 Å².